The van der Waals surface area contributed by atoms with Crippen molar-refractivity contribution in [2.75, 3.05) is 0 Å². The van der Waals surface area contributed by atoms with Gasteiger partial charge in [-0.05, 0) is 49.4 Å². The molecule has 3 rings (SSSR count). The minimum absolute atomic E-state index is 0.0460. The molecule has 1 aliphatic rings. The van der Waals surface area contributed by atoms with Gasteiger partial charge in [-0.25, -0.2) is 0 Å². The van der Waals surface area contributed by atoms with Gasteiger partial charge in [-0.3, -0.25) is 4.79 Å². The first-order valence-electron chi connectivity index (χ1n) is 7.10. The summed E-state index contributed by atoms with van der Waals surface area (Å²) in [6, 6.07) is 15.9. The Labute approximate surface area is 119 Å². The van der Waals surface area contributed by atoms with Gasteiger partial charge in [0, 0.05) is 0 Å². The number of ketones is 1. The number of Topliss-reactive ketones (excluding diaryl/α,β-unsaturated/α-hetero) is 1. The number of carbonyl (C=O) groups excluding carboxylic acids is 1. The number of aryl methyl sites for hydroxylation is 1. The lowest BCUT2D eigenvalue weighted by Crippen LogP contribution is -2.16. The topological polar surface area (TPSA) is 26.3 Å². The van der Waals surface area contributed by atoms with Crippen LogP contribution in [0, 0.1) is 0 Å². The lowest BCUT2D eigenvalue weighted by molar-refractivity contribution is 0.100. The minimum Gasteiger partial charge on any atom is -0.485 e. The Morgan fingerprint density at radius 1 is 1.10 bits per heavy atom. The van der Waals surface area contributed by atoms with Crippen LogP contribution in [0.25, 0.3) is 0 Å². The molecule has 0 aliphatic heterocycles. The van der Waals surface area contributed by atoms with Crippen LogP contribution in [-0.2, 0) is 6.42 Å². The highest BCUT2D eigenvalue weighted by Crippen LogP contribution is 2.34. The number of para-hydroxylation sites is 1. The Kier molecular flexibility index (Phi) is 3.55. The number of carbonyl (C=O) groups is 1. The van der Waals surface area contributed by atoms with Crippen LogP contribution in [0.4, 0.5) is 0 Å². The molecule has 20 heavy (non-hydrogen) atoms. The van der Waals surface area contributed by atoms with Crippen molar-refractivity contribution in [2.24, 2.45) is 0 Å². The van der Waals surface area contributed by atoms with Crippen LogP contribution in [0.2, 0.25) is 0 Å². The lowest BCUT2D eigenvalue weighted by Gasteiger charge is -2.27. The molecule has 0 fully saturated rings. The van der Waals surface area contributed by atoms with E-state index in [1.165, 1.54) is 11.1 Å². The molecule has 0 saturated carbocycles. The van der Waals surface area contributed by atoms with Gasteiger partial charge in [-0.1, -0.05) is 36.4 Å². The fourth-order valence-electron chi connectivity index (χ4n) is 2.85. The molecule has 0 heterocycles. The van der Waals surface area contributed by atoms with Crippen molar-refractivity contribution < 1.29 is 9.53 Å². The fourth-order valence-corrected chi connectivity index (χ4v) is 2.85. The number of ether oxygens (including phenoxy) is 1. The predicted molar refractivity (Wildman–Crippen MR) is 79.2 cm³/mol. The molecule has 0 N–H and O–H groups in total. The van der Waals surface area contributed by atoms with Crippen LogP contribution in [-0.4, -0.2) is 5.78 Å². The summed E-state index contributed by atoms with van der Waals surface area (Å²) in [5, 5.41) is 0. The molecule has 2 heteroatoms. The second-order valence-corrected chi connectivity index (χ2v) is 5.25. The molecule has 2 aromatic carbocycles. The van der Waals surface area contributed by atoms with Crippen molar-refractivity contribution in [1.29, 1.82) is 0 Å². The number of hydrogen-bond donors (Lipinski definition) is 0. The van der Waals surface area contributed by atoms with E-state index in [1.54, 1.807) is 6.92 Å². The van der Waals surface area contributed by atoms with E-state index >= 15 is 0 Å². The second kappa shape index (κ2) is 5.49. The summed E-state index contributed by atoms with van der Waals surface area (Å²) in [5.74, 6) is 0.742. The van der Waals surface area contributed by atoms with Gasteiger partial charge in [0.2, 0.25) is 0 Å². The van der Waals surface area contributed by atoms with Crippen molar-refractivity contribution in [2.45, 2.75) is 32.3 Å². The van der Waals surface area contributed by atoms with E-state index in [1.807, 2.05) is 24.3 Å². The first-order valence-corrected chi connectivity index (χ1v) is 7.10. The molecule has 0 spiro atoms. The third-order valence-electron chi connectivity index (χ3n) is 3.85. The molecule has 0 saturated heterocycles. The third kappa shape index (κ3) is 2.46. The van der Waals surface area contributed by atoms with Crippen molar-refractivity contribution >= 4 is 5.78 Å². The van der Waals surface area contributed by atoms with Gasteiger partial charge >= 0.3 is 0 Å². The van der Waals surface area contributed by atoms with Gasteiger partial charge in [0.1, 0.15) is 11.9 Å². The Hall–Kier alpha value is -2.09. The standard InChI is InChI=1S/C18H18O2/c1-13(19)15-9-4-5-11-17(15)20-18-12-6-8-14-7-2-3-10-16(14)18/h2-5,7,9-11,18H,6,8,12H2,1H3. The summed E-state index contributed by atoms with van der Waals surface area (Å²) in [5.41, 5.74) is 3.29. The van der Waals surface area contributed by atoms with Crippen LogP contribution >= 0.6 is 0 Å². The van der Waals surface area contributed by atoms with E-state index in [0.29, 0.717) is 11.3 Å². The largest absolute Gasteiger partial charge is 0.485 e. The second-order valence-electron chi connectivity index (χ2n) is 5.25. The van der Waals surface area contributed by atoms with Gasteiger partial charge in [-0.15, -0.1) is 0 Å². The Bertz CT molecular complexity index is 631. The van der Waals surface area contributed by atoms with Gasteiger partial charge in [0.15, 0.2) is 5.78 Å². The molecule has 1 aliphatic carbocycles. The molecule has 0 bridgehead atoms. The lowest BCUT2D eigenvalue weighted by atomic mass is 9.89. The molecule has 2 nitrogen and oxygen atoms in total. The maximum atomic E-state index is 11.7. The summed E-state index contributed by atoms with van der Waals surface area (Å²) in [6.07, 6.45) is 3.30. The molecule has 2 aromatic rings. The smallest absolute Gasteiger partial charge is 0.163 e. The zero-order valence-electron chi connectivity index (χ0n) is 11.6. The van der Waals surface area contributed by atoms with Gasteiger partial charge in [-0.2, -0.15) is 0 Å². The average Bonchev–Trinajstić information content (AvgIpc) is 2.48. The molecule has 1 atom stereocenters. The third-order valence-corrected chi connectivity index (χ3v) is 3.85. The van der Waals surface area contributed by atoms with Crippen LogP contribution in [0.3, 0.4) is 0 Å². The van der Waals surface area contributed by atoms with Gasteiger partial charge in [0.05, 0.1) is 5.56 Å². The number of rotatable bonds is 3. The van der Waals surface area contributed by atoms with E-state index in [-0.39, 0.29) is 11.9 Å². The summed E-state index contributed by atoms with van der Waals surface area (Å²) < 4.78 is 6.15. The summed E-state index contributed by atoms with van der Waals surface area (Å²) in [4.78, 5) is 11.7. The number of hydrogen-bond acceptors (Lipinski definition) is 2. The molecule has 0 amide bonds. The molecule has 0 radical (unpaired) electrons. The molecule has 102 valence electrons. The van der Waals surface area contributed by atoms with Crippen molar-refractivity contribution in [3.8, 4) is 5.75 Å². The Balaban J connectivity index is 1.92. The minimum atomic E-state index is 0.0460. The van der Waals surface area contributed by atoms with Gasteiger partial charge in [0.25, 0.3) is 0 Å². The molecule has 0 aromatic heterocycles. The Morgan fingerprint density at radius 3 is 2.70 bits per heavy atom. The Morgan fingerprint density at radius 2 is 1.85 bits per heavy atom. The zero-order chi connectivity index (χ0) is 13.9. The summed E-state index contributed by atoms with van der Waals surface area (Å²) in [7, 11) is 0. The van der Waals surface area contributed by atoms with E-state index in [0.717, 1.165) is 19.3 Å². The highest BCUT2D eigenvalue weighted by molar-refractivity contribution is 5.96. The zero-order valence-corrected chi connectivity index (χ0v) is 11.6. The quantitative estimate of drug-likeness (QED) is 0.772. The van der Waals surface area contributed by atoms with Crippen molar-refractivity contribution in [1.82, 2.24) is 0 Å². The molecular weight excluding hydrogens is 248 g/mol. The highest BCUT2D eigenvalue weighted by Gasteiger charge is 2.22. The first kappa shape index (κ1) is 12.9. The van der Waals surface area contributed by atoms with E-state index < -0.39 is 0 Å². The van der Waals surface area contributed by atoms with Crippen LogP contribution < -0.4 is 4.74 Å². The summed E-state index contributed by atoms with van der Waals surface area (Å²) in [6.45, 7) is 1.58. The predicted octanol–water partition coefficient (Wildman–Crippen LogP) is 4.35. The average molecular weight is 266 g/mol. The van der Waals surface area contributed by atoms with Gasteiger partial charge < -0.3 is 4.74 Å². The molecular formula is C18H18O2. The van der Waals surface area contributed by atoms with E-state index in [2.05, 4.69) is 24.3 Å². The van der Waals surface area contributed by atoms with E-state index in [4.69, 9.17) is 4.74 Å². The van der Waals surface area contributed by atoms with Crippen molar-refractivity contribution in [3.05, 3.63) is 65.2 Å². The normalized spacial score (nSPS) is 17.4. The van der Waals surface area contributed by atoms with Crippen molar-refractivity contribution in [3.63, 3.8) is 0 Å². The first-order chi connectivity index (χ1) is 9.75. The maximum absolute atomic E-state index is 11.7. The highest BCUT2D eigenvalue weighted by atomic mass is 16.5. The maximum Gasteiger partial charge on any atom is 0.163 e. The number of fused-ring (bicyclic) bond motifs is 1. The van der Waals surface area contributed by atoms with Crippen LogP contribution in [0.5, 0.6) is 5.75 Å². The van der Waals surface area contributed by atoms with Crippen LogP contribution in [0.1, 0.15) is 47.4 Å². The van der Waals surface area contributed by atoms with Crippen LogP contribution in [0.15, 0.2) is 48.5 Å². The summed E-state index contributed by atoms with van der Waals surface area (Å²) >= 11 is 0. The molecule has 1 unspecified atom stereocenters. The monoisotopic (exact) mass is 266 g/mol. The van der Waals surface area contributed by atoms with E-state index in [9.17, 15) is 4.79 Å². The number of benzene rings is 2. The SMILES string of the molecule is CC(=O)c1ccccc1OC1CCCc2ccccc21. The fraction of sp³-hybridized carbons (Fsp3) is 0.278.